The van der Waals surface area contributed by atoms with Crippen molar-refractivity contribution in [2.24, 2.45) is 5.92 Å². The lowest BCUT2D eigenvalue weighted by molar-refractivity contribution is -0.138. The van der Waals surface area contributed by atoms with E-state index in [4.69, 9.17) is 11.6 Å². The number of likely N-dealkylation sites (N-methyl/N-ethyl adjacent to an activating group) is 1. The third-order valence-electron chi connectivity index (χ3n) is 5.33. The molecule has 0 unspecified atom stereocenters. The molecule has 112 valence electrons. The van der Waals surface area contributed by atoms with Crippen molar-refractivity contribution in [3.8, 4) is 0 Å². The molecule has 0 radical (unpaired) electrons. The molecule has 1 aromatic carbocycles. The van der Waals surface area contributed by atoms with Gasteiger partial charge in [-0.3, -0.25) is 4.79 Å². The minimum atomic E-state index is 0.163. The van der Waals surface area contributed by atoms with E-state index in [-0.39, 0.29) is 5.92 Å². The van der Waals surface area contributed by atoms with Crippen LogP contribution >= 0.6 is 11.6 Å². The van der Waals surface area contributed by atoms with Crippen LogP contribution in [0.25, 0.3) is 0 Å². The lowest BCUT2D eigenvalue weighted by atomic mass is 10.1. The molecule has 3 nitrogen and oxygen atoms in total. The Morgan fingerprint density at radius 3 is 2.52 bits per heavy atom. The van der Waals surface area contributed by atoms with E-state index in [0.29, 0.717) is 23.9 Å². The summed E-state index contributed by atoms with van der Waals surface area (Å²) in [6.45, 7) is 2.07. The Bertz CT molecular complexity index is 562. The molecular formula is C17H21ClN2O. The average Bonchev–Trinajstić information content (AvgIpc) is 3.19. The predicted octanol–water partition coefficient (Wildman–Crippen LogP) is 2.75. The maximum atomic E-state index is 12.9. The van der Waals surface area contributed by atoms with Crippen molar-refractivity contribution in [2.45, 2.75) is 37.3 Å². The second-order valence-electron chi connectivity index (χ2n) is 6.82. The number of halogens is 1. The van der Waals surface area contributed by atoms with Crippen LogP contribution in [0.4, 0.5) is 0 Å². The molecule has 2 bridgehead atoms. The number of hydrogen-bond donors (Lipinski definition) is 0. The lowest BCUT2D eigenvalue weighted by Gasteiger charge is -2.39. The number of hydrogen-bond acceptors (Lipinski definition) is 2. The first kappa shape index (κ1) is 13.6. The Hall–Kier alpha value is -1.06. The number of amides is 1. The van der Waals surface area contributed by atoms with Crippen LogP contribution in [-0.2, 0) is 4.79 Å². The number of carbonyl (C=O) groups is 1. The number of likely N-dealkylation sites (tertiary alicyclic amines) is 1. The summed E-state index contributed by atoms with van der Waals surface area (Å²) in [5.74, 6) is 0.877. The molecule has 3 aliphatic rings. The fourth-order valence-electron chi connectivity index (χ4n) is 4.25. The standard InChI is InChI=1S/C17H21ClN2O/c1-19-9-11-6-7-12(10-19)20(11)17(21)15-8-14(15)13-4-2-3-5-16(13)18/h2-5,11-12,14-15H,6-10H2,1H3/t11-,12+,14-,15+/m0/s1. The summed E-state index contributed by atoms with van der Waals surface area (Å²) in [6, 6.07) is 8.84. The minimum Gasteiger partial charge on any atom is -0.334 e. The first-order valence-electron chi connectivity index (χ1n) is 7.90. The van der Waals surface area contributed by atoms with Crippen molar-refractivity contribution in [3.05, 3.63) is 34.9 Å². The topological polar surface area (TPSA) is 23.6 Å². The second-order valence-corrected chi connectivity index (χ2v) is 7.23. The van der Waals surface area contributed by atoms with E-state index in [1.54, 1.807) is 0 Å². The smallest absolute Gasteiger partial charge is 0.226 e. The SMILES string of the molecule is CN1C[C@H]2CC[C@@H](C1)N2C(=O)[C@@H]1C[C@H]1c1ccccc1Cl. The van der Waals surface area contributed by atoms with Crippen molar-refractivity contribution in [2.75, 3.05) is 20.1 Å². The molecule has 21 heavy (non-hydrogen) atoms. The van der Waals surface area contributed by atoms with Gasteiger partial charge in [0.25, 0.3) is 0 Å². The Morgan fingerprint density at radius 2 is 1.86 bits per heavy atom. The molecule has 4 atom stereocenters. The van der Waals surface area contributed by atoms with Gasteiger partial charge in [0.15, 0.2) is 0 Å². The van der Waals surface area contributed by atoms with Crippen LogP contribution in [0.15, 0.2) is 24.3 Å². The molecule has 1 aromatic rings. The summed E-state index contributed by atoms with van der Waals surface area (Å²) >= 11 is 6.27. The molecule has 4 heteroatoms. The van der Waals surface area contributed by atoms with Gasteiger partial charge in [0.05, 0.1) is 0 Å². The van der Waals surface area contributed by atoms with Gasteiger partial charge in [-0.2, -0.15) is 0 Å². The maximum Gasteiger partial charge on any atom is 0.226 e. The zero-order valence-electron chi connectivity index (χ0n) is 12.3. The van der Waals surface area contributed by atoms with Crippen molar-refractivity contribution < 1.29 is 4.79 Å². The van der Waals surface area contributed by atoms with Gasteiger partial charge < -0.3 is 9.80 Å². The third-order valence-corrected chi connectivity index (χ3v) is 5.68. The minimum absolute atomic E-state index is 0.163. The van der Waals surface area contributed by atoms with Crippen molar-refractivity contribution in [1.82, 2.24) is 9.80 Å². The largest absolute Gasteiger partial charge is 0.334 e. The van der Waals surface area contributed by atoms with Crippen LogP contribution in [0.5, 0.6) is 0 Å². The molecule has 0 spiro atoms. The molecular weight excluding hydrogens is 284 g/mol. The third kappa shape index (κ3) is 2.27. The Kier molecular flexibility index (Phi) is 3.23. The van der Waals surface area contributed by atoms with Gasteiger partial charge in [-0.05, 0) is 43.9 Å². The molecule has 1 aliphatic carbocycles. The van der Waals surface area contributed by atoms with Crippen LogP contribution in [-0.4, -0.2) is 47.9 Å². The zero-order chi connectivity index (χ0) is 14.6. The molecule has 1 amide bonds. The number of fused-ring (bicyclic) bond motifs is 2. The van der Waals surface area contributed by atoms with Crippen molar-refractivity contribution in [1.29, 1.82) is 0 Å². The zero-order valence-corrected chi connectivity index (χ0v) is 13.1. The highest BCUT2D eigenvalue weighted by Crippen LogP contribution is 2.51. The number of piperazine rings is 1. The average molecular weight is 305 g/mol. The highest BCUT2D eigenvalue weighted by molar-refractivity contribution is 6.31. The summed E-state index contributed by atoms with van der Waals surface area (Å²) in [5, 5.41) is 0.805. The number of benzene rings is 1. The van der Waals surface area contributed by atoms with E-state index < -0.39 is 0 Å². The normalized spacial score (nSPS) is 35.0. The monoisotopic (exact) mass is 304 g/mol. The van der Waals surface area contributed by atoms with E-state index in [1.165, 1.54) is 12.8 Å². The second kappa shape index (κ2) is 4.99. The summed E-state index contributed by atoms with van der Waals surface area (Å²) in [5.41, 5.74) is 1.15. The summed E-state index contributed by atoms with van der Waals surface area (Å²) in [6.07, 6.45) is 3.31. The van der Waals surface area contributed by atoms with Crippen LogP contribution < -0.4 is 0 Å². The number of carbonyl (C=O) groups excluding carboxylic acids is 1. The molecule has 3 fully saturated rings. The first-order valence-corrected chi connectivity index (χ1v) is 8.28. The number of rotatable bonds is 2. The first-order chi connectivity index (χ1) is 10.1. The van der Waals surface area contributed by atoms with Crippen molar-refractivity contribution >= 4 is 17.5 Å². The summed E-state index contributed by atoms with van der Waals surface area (Å²) in [7, 11) is 2.16. The van der Waals surface area contributed by atoms with Crippen molar-refractivity contribution in [3.63, 3.8) is 0 Å². The maximum absolute atomic E-state index is 12.9. The van der Waals surface area contributed by atoms with E-state index in [2.05, 4.69) is 22.9 Å². The van der Waals surface area contributed by atoms with Gasteiger partial charge in [0.1, 0.15) is 0 Å². The van der Waals surface area contributed by atoms with Gasteiger partial charge in [-0.25, -0.2) is 0 Å². The van der Waals surface area contributed by atoms with Crippen LogP contribution in [0, 0.1) is 5.92 Å². The molecule has 2 aliphatic heterocycles. The quantitative estimate of drug-likeness (QED) is 0.839. The van der Waals surface area contributed by atoms with E-state index in [1.807, 2.05) is 18.2 Å². The summed E-state index contributed by atoms with van der Waals surface area (Å²) < 4.78 is 0. The van der Waals surface area contributed by atoms with E-state index in [9.17, 15) is 4.79 Å². The Morgan fingerprint density at radius 1 is 1.19 bits per heavy atom. The van der Waals surface area contributed by atoms with Gasteiger partial charge in [0, 0.05) is 36.1 Å². The van der Waals surface area contributed by atoms with Gasteiger partial charge in [-0.15, -0.1) is 0 Å². The van der Waals surface area contributed by atoms with Crippen LogP contribution in [0.1, 0.15) is 30.7 Å². The number of nitrogens with zero attached hydrogens (tertiary/aromatic N) is 2. The van der Waals surface area contributed by atoms with Crippen LogP contribution in [0.2, 0.25) is 5.02 Å². The fraction of sp³-hybridized carbons (Fsp3) is 0.588. The molecule has 4 rings (SSSR count). The summed E-state index contributed by atoms with van der Waals surface area (Å²) in [4.78, 5) is 17.5. The molecule has 0 aromatic heterocycles. The van der Waals surface area contributed by atoms with E-state index in [0.717, 1.165) is 30.1 Å². The van der Waals surface area contributed by atoms with Gasteiger partial charge in [0.2, 0.25) is 5.91 Å². The fourth-order valence-corrected chi connectivity index (χ4v) is 4.53. The molecule has 2 heterocycles. The van der Waals surface area contributed by atoms with Gasteiger partial charge in [-0.1, -0.05) is 29.8 Å². The lowest BCUT2D eigenvalue weighted by Crippen LogP contribution is -2.55. The highest BCUT2D eigenvalue weighted by Gasteiger charge is 2.51. The Labute approximate surface area is 130 Å². The molecule has 2 saturated heterocycles. The predicted molar refractivity (Wildman–Crippen MR) is 83.5 cm³/mol. The highest BCUT2D eigenvalue weighted by atomic mass is 35.5. The van der Waals surface area contributed by atoms with Crippen LogP contribution in [0.3, 0.4) is 0 Å². The van der Waals surface area contributed by atoms with E-state index >= 15 is 0 Å². The molecule has 1 saturated carbocycles. The van der Waals surface area contributed by atoms with Gasteiger partial charge >= 0.3 is 0 Å². The Balaban J connectivity index is 1.49. The molecule has 0 N–H and O–H groups in total.